The van der Waals surface area contributed by atoms with E-state index in [-0.39, 0.29) is 12.2 Å². The van der Waals surface area contributed by atoms with E-state index in [1.165, 1.54) is 14.1 Å². The highest BCUT2D eigenvalue weighted by Gasteiger charge is 2.11. The molecule has 0 atom stereocenters. The van der Waals surface area contributed by atoms with Gasteiger partial charge in [-0.15, -0.1) is 0 Å². The lowest BCUT2D eigenvalue weighted by molar-refractivity contribution is 0.414. The van der Waals surface area contributed by atoms with E-state index in [0.717, 1.165) is 5.52 Å². The molecule has 2 rings (SSSR count). The summed E-state index contributed by atoms with van der Waals surface area (Å²) >= 11 is 0. The summed E-state index contributed by atoms with van der Waals surface area (Å²) in [7, 11) is -0.865. The number of benzene rings is 1. The number of aromatic amines is 1. The highest BCUT2D eigenvalue weighted by atomic mass is 32.2. The fourth-order valence-corrected chi connectivity index (χ4v) is 2.72. The number of aryl methyl sites for hydroxylation is 1. The minimum atomic E-state index is -3.42. The molecule has 20 heavy (non-hydrogen) atoms. The summed E-state index contributed by atoms with van der Waals surface area (Å²) in [5.41, 5.74) is 1.88. The van der Waals surface area contributed by atoms with Crippen LogP contribution in [0, 0.1) is 0 Å². The molecule has 0 amide bonds. The lowest BCUT2D eigenvalue weighted by atomic mass is 10.1. The zero-order valence-corrected chi connectivity index (χ0v) is 12.2. The van der Waals surface area contributed by atoms with Crippen LogP contribution in [0.25, 0.3) is 10.9 Å². The summed E-state index contributed by atoms with van der Waals surface area (Å²) in [6.07, 6.45) is 1.47. The smallest absolute Gasteiger partial charge is 0.215 e. The van der Waals surface area contributed by atoms with Gasteiger partial charge in [-0.2, -0.15) is 0 Å². The van der Waals surface area contributed by atoms with Gasteiger partial charge in [0, 0.05) is 30.5 Å². The molecule has 5 nitrogen and oxygen atoms in total. The van der Waals surface area contributed by atoms with Gasteiger partial charge in [0.05, 0.1) is 5.75 Å². The Bertz CT molecular complexity index is 861. The quantitative estimate of drug-likeness (QED) is 0.845. The number of sulfonamides is 1. The summed E-state index contributed by atoms with van der Waals surface area (Å²) in [5.74, 6) is -0.188. The molecular formula is C14H21N3O2S. The molecule has 0 fully saturated rings. The predicted octanol–water partition coefficient (Wildman–Crippen LogP) is 1.32. The molecule has 0 unspecified atom stereocenters. The van der Waals surface area contributed by atoms with Crippen molar-refractivity contribution < 1.29 is 15.3 Å². The van der Waals surface area contributed by atoms with Crippen LogP contribution in [0.5, 0.6) is 0 Å². The van der Waals surface area contributed by atoms with Gasteiger partial charge in [-0.1, -0.05) is 6.07 Å². The zero-order chi connectivity index (χ0) is 19.0. The van der Waals surface area contributed by atoms with Crippen LogP contribution in [0.1, 0.15) is 18.0 Å². The minimum Gasteiger partial charge on any atom is -0.361 e. The number of likely N-dealkylation sites (N-methyl/N-ethyl adjacent to an activating group) is 1. The SMILES string of the molecule is [2H]C([2H])([2H])N(C)C([2H])([2H])Cc1c[nH]c2ccc(CS(=O)(=O)NC)cc12. The molecule has 6 heteroatoms. The van der Waals surface area contributed by atoms with Crippen LogP contribution in [-0.2, 0) is 22.2 Å². The van der Waals surface area contributed by atoms with Gasteiger partial charge in [0.2, 0.25) is 10.0 Å². The Kier molecular flexibility index (Phi) is 2.84. The summed E-state index contributed by atoms with van der Waals surface area (Å²) in [5, 5.41) is 0.673. The van der Waals surface area contributed by atoms with Gasteiger partial charge < -0.3 is 9.88 Å². The van der Waals surface area contributed by atoms with Crippen LogP contribution in [0.4, 0.5) is 0 Å². The van der Waals surface area contributed by atoms with E-state index in [4.69, 9.17) is 6.85 Å². The first-order chi connectivity index (χ1) is 11.4. The predicted molar refractivity (Wildman–Crippen MR) is 82.2 cm³/mol. The largest absolute Gasteiger partial charge is 0.361 e. The molecule has 0 saturated heterocycles. The zero-order valence-electron chi connectivity index (χ0n) is 16.4. The van der Waals surface area contributed by atoms with E-state index >= 15 is 0 Å². The van der Waals surface area contributed by atoms with Crippen molar-refractivity contribution in [2.45, 2.75) is 12.2 Å². The van der Waals surface area contributed by atoms with Gasteiger partial charge >= 0.3 is 0 Å². The number of nitrogens with one attached hydrogen (secondary N) is 2. The Morgan fingerprint density at radius 1 is 1.50 bits per heavy atom. The summed E-state index contributed by atoms with van der Waals surface area (Å²) in [6, 6.07) is 5.09. The van der Waals surface area contributed by atoms with Gasteiger partial charge in [-0.3, -0.25) is 0 Å². The van der Waals surface area contributed by atoms with Gasteiger partial charge in [-0.25, -0.2) is 13.1 Å². The molecule has 0 aliphatic rings. The van der Waals surface area contributed by atoms with Crippen LogP contribution >= 0.6 is 0 Å². The van der Waals surface area contributed by atoms with Crippen LogP contribution < -0.4 is 4.72 Å². The molecule has 1 heterocycles. The minimum absolute atomic E-state index is 0.149. The third kappa shape index (κ3) is 3.59. The van der Waals surface area contributed by atoms with E-state index in [1.54, 1.807) is 24.4 Å². The topological polar surface area (TPSA) is 65.2 Å². The number of rotatable bonds is 6. The van der Waals surface area contributed by atoms with Crippen LogP contribution in [0.2, 0.25) is 0 Å². The average Bonchev–Trinajstić information content (AvgIpc) is 2.87. The standard InChI is InChI=1S/C14H21N3O2S/c1-15-20(18,19)10-11-4-5-14-13(8-11)12(9-16-14)6-7-17(2)3/h4-5,8-9,15-16H,6-7,10H2,1-3H3/i2D3,7D2. The fourth-order valence-electron chi connectivity index (χ4n) is 1.96. The Hall–Kier alpha value is -1.37. The molecule has 2 N–H and O–H groups in total. The molecular weight excluding hydrogens is 274 g/mol. The molecule has 0 bridgehead atoms. The Morgan fingerprint density at radius 3 is 3.00 bits per heavy atom. The van der Waals surface area contributed by atoms with E-state index in [0.29, 0.717) is 21.4 Å². The van der Waals surface area contributed by atoms with Crippen molar-refractivity contribution in [2.24, 2.45) is 0 Å². The second kappa shape index (κ2) is 5.95. The summed E-state index contributed by atoms with van der Waals surface area (Å²) in [6.45, 7) is -4.64. The number of hydrogen-bond donors (Lipinski definition) is 2. The van der Waals surface area contributed by atoms with Gasteiger partial charge in [-0.05, 0) is 50.8 Å². The second-order valence-corrected chi connectivity index (χ2v) is 6.48. The second-order valence-electron chi connectivity index (χ2n) is 4.55. The van der Waals surface area contributed by atoms with Crippen LogP contribution in [-0.4, -0.2) is 45.9 Å². The first-order valence-electron chi connectivity index (χ1n) is 8.60. The van der Waals surface area contributed by atoms with E-state index in [1.807, 2.05) is 0 Å². The van der Waals surface area contributed by atoms with Crippen LogP contribution in [0.3, 0.4) is 0 Å². The molecule has 0 aliphatic heterocycles. The molecule has 110 valence electrons. The molecule has 0 saturated carbocycles. The first-order valence-corrected chi connectivity index (χ1v) is 7.75. The van der Waals surface area contributed by atoms with E-state index in [9.17, 15) is 8.42 Å². The number of hydrogen-bond acceptors (Lipinski definition) is 3. The van der Waals surface area contributed by atoms with Crippen molar-refractivity contribution in [3.05, 3.63) is 35.5 Å². The number of aromatic nitrogens is 1. The highest BCUT2D eigenvalue weighted by Crippen LogP contribution is 2.21. The lowest BCUT2D eigenvalue weighted by Gasteiger charge is -2.08. The normalized spacial score (nSPS) is 17.4. The third-order valence-corrected chi connectivity index (χ3v) is 4.34. The Balaban J connectivity index is 2.36. The molecule has 0 spiro atoms. The molecule has 0 aliphatic carbocycles. The van der Waals surface area contributed by atoms with Crippen molar-refractivity contribution >= 4 is 20.9 Å². The molecule has 0 radical (unpaired) electrons. The molecule has 1 aromatic heterocycles. The number of nitrogens with zero attached hydrogens (tertiary/aromatic N) is 1. The van der Waals surface area contributed by atoms with Crippen molar-refractivity contribution in [3.8, 4) is 0 Å². The Morgan fingerprint density at radius 2 is 2.30 bits per heavy atom. The van der Waals surface area contributed by atoms with Crippen molar-refractivity contribution in [2.75, 3.05) is 27.6 Å². The third-order valence-electron chi connectivity index (χ3n) is 3.01. The number of fused-ring (bicyclic) bond motifs is 1. The average molecular weight is 300 g/mol. The van der Waals surface area contributed by atoms with Crippen molar-refractivity contribution in [1.29, 1.82) is 0 Å². The first kappa shape index (κ1) is 9.55. The molecule has 2 aromatic rings. The summed E-state index contributed by atoms with van der Waals surface area (Å²) in [4.78, 5) is 3.72. The lowest BCUT2D eigenvalue weighted by Crippen LogP contribution is -2.20. The van der Waals surface area contributed by atoms with E-state index in [2.05, 4.69) is 9.71 Å². The maximum Gasteiger partial charge on any atom is 0.215 e. The Labute approximate surface area is 127 Å². The van der Waals surface area contributed by atoms with Crippen molar-refractivity contribution in [1.82, 2.24) is 14.6 Å². The fraction of sp³-hybridized carbons (Fsp3) is 0.429. The van der Waals surface area contributed by atoms with Gasteiger partial charge in [0.25, 0.3) is 0 Å². The van der Waals surface area contributed by atoms with Crippen molar-refractivity contribution in [3.63, 3.8) is 0 Å². The maximum atomic E-state index is 11.7. The summed E-state index contributed by atoms with van der Waals surface area (Å²) < 4.78 is 64.0. The van der Waals surface area contributed by atoms with Gasteiger partial charge in [0.1, 0.15) is 0 Å². The highest BCUT2D eigenvalue weighted by molar-refractivity contribution is 7.88. The molecule has 1 aromatic carbocycles. The number of H-pyrrole nitrogens is 1. The van der Waals surface area contributed by atoms with Gasteiger partial charge in [0.15, 0.2) is 0 Å². The van der Waals surface area contributed by atoms with E-state index < -0.39 is 23.5 Å². The van der Waals surface area contributed by atoms with Crippen LogP contribution in [0.15, 0.2) is 24.4 Å². The monoisotopic (exact) mass is 300 g/mol. The maximum absolute atomic E-state index is 11.7.